The van der Waals surface area contributed by atoms with Crippen LogP contribution < -0.4 is 0 Å². The Morgan fingerprint density at radius 2 is 1.79 bits per heavy atom. The lowest BCUT2D eigenvalue weighted by Gasteiger charge is -2.38. The van der Waals surface area contributed by atoms with Crippen molar-refractivity contribution in [2.75, 3.05) is 6.54 Å². The second-order valence-electron chi connectivity index (χ2n) is 9.81. The Bertz CT molecular complexity index is 1090. The molecule has 3 fully saturated rings. The van der Waals surface area contributed by atoms with Crippen molar-refractivity contribution in [3.63, 3.8) is 0 Å². The number of pyridine rings is 1. The summed E-state index contributed by atoms with van der Waals surface area (Å²) in [7, 11) is 0. The van der Waals surface area contributed by atoms with E-state index in [1.54, 1.807) is 24.4 Å². The number of carbonyl (C=O) groups is 3. The zero-order chi connectivity index (χ0) is 23.7. The van der Waals surface area contributed by atoms with Gasteiger partial charge in [-0.3, -0.25) is 24.3 Å². The molecule has 0 bridgehead atoms. The number of amides is 3. The van der Waals surface area contributed by atoms with E-state index in [0.717, 1.165) is 50.5 Å². The van der Waals surface area contributed by atoms with Crippen molar-refractivity contribution < 1.29 is 14.4 Å². The number of aromatic nitrogens is 1. The molecule has 1 aliphatic carbocycles. The van der Waals surface area contributed by atoms with Crippen LogP contribution >= 0.6 is 11.6 Å². The van der Waals surface area contributed by atoms with Gasteiger partial charge in [-0.15, -0.1) is 0 Å². The predicted octanol–water partition coefficient (Wildman–Crippen LogP) is 4.82. The summed E-state index contributed by atoms with van der Waals surface area (Å²) >= 11 is 6.59. The van der Waals surface area contributed by atoms with Crippen molar-refractivity contribution in [1.82, 2.24) is 14.8 Å². The summed E-state index contributed by atoms with van der Waals surface area (Å²) in [5, 5.41) is 0.423. The fourth-order valence-corrected chi connectivity index (χ4v) is 6.41. The van der Waals surface area contributed by atoms with E-state index in [2.05, 4.69) is 4.98 Å². The first kappa shape index (κ1) is 23.0. The number of carbonyl (C=O) groups excluding carboxylic acids is 3. The summed E-state index contributed by atoms with van der Waals surface area (Å²) in [4.78, 5) is 48.7. The predicted molar refractivity (Wildman–Crippen MR) is 129 cm³/mol. The maximum Gasteiger partial charge on any atom is 0.241 e. The van der Waals surface area contributed by atoms with Crippen molar-refractivity contribution in [3.05, 3.63) is 64.9 Å². The third-order valence-electron chi connectivity index (χ3n) is 7.77. The zero-order valence-corrected chi connectivity index (χ0v) is 20.0. The second-order valence-corrected chi connectivity index (χ2v) is 10.2. The normalized spacial score (nSPS) is 25.9. The number of likely N-dealkylation sites (tertiary alicyclic amines) is 2. The molecule has 178 valence electrons. The molecule has 0 radical (unpaired) electrons. The third-order valence-corrected chi connectivity index (χ3v) is 8.10. The van der Waals surface area contributed by atoms with Gasteiger partial charge in [-0.05, 0) is 55.4 Å². The molecule has 2 aromatic rings. The van der Waals surface area contributed by atoms with Gasteiger partial charge in [-0.1, -0.05) is 48.7 Å². The van der Waals surface area contributed by atoms with E-state index < -0.39 is 5.41 Å². The SMILES string of the molecule is O=C1C[C@](CC(=O)N2CCCC[C@H]2c2cccnc2)(c2ccccc2Cl)C(=O)N1C1CCCC1. The third kappa shape index (κ3) is 4.02. The Kier molecular flexibility index (Phi) is 6.43. The van der Waals surface area contributed by atoms with Crippen molar-refractivity contribution >= 4 is 29.3 Å². The molecule has 1 saturated carbocycles. The van der Waals surface area contributed by atoms with Crippen molar-refractivity contribution in [1.29, 1.82) is 0 Å². The topological polar surface area (TPSA) is 70.6 Å². The number of piperidine rings is 1. The summed E-state index contributed by atoms with van der Waals surface area (Å²) in [5.74, 6) is -0.559. The van der Waals surface area contributed by atoms with Gasteiger partial charge in [0.25, 0.3) is 0 Å². The summed E-state index contributed by atoms with van der Waals surface area (Å²) in [6, 6.07) is 10.9. The molecule has 2 aliphatic heterocycles. The highest BCUT2D eigenvalue weighted by Gasteiger charge is 2.56. The molecule has 0 N–H and O–H groups in total. The molecule has 3 heterocycles. The van der Waals surface area contributed by atoms with Crippen molar-refractivity contribution in [2.24, 2.45) is 0 Å². The van der Waals surface area contributed by atoms with Crippen LogP contribution in [0.1, 0.15) is 75.0 Å². The van der Waals surface area contributed by atoms with E-state index in [1.165, 1.54) is 4.90 Å². The molecule has 5 rings (SSSR count). The molecule has 34 heavy (non-hydrogen) atoms. The number of imide groups is 1. The standard InChI is InChI=1S/C27H30ClN3O3/c28-22-12-4-3-11-21(22)27(17-25(33)31(26(27)34)20-9-1-2-10-20)16-24(32)30-15-6-5-13-23(30)19-8-7-14-29-18-19/h3-4,7-8,11-12,14,18,20,23H,1-2,5-6,9-10,13,15-17H2/t23-,27+/m0/s1. The Morgan fingerprint density at radius 1 is 1.03 bits per heavy atom. The van der Waals surface area contributed by atoms with Crippen LogP contribution in [0.2, 0.25) is 5.02 Å². The summed E-state index contributed by atoms with van der Waals surface area (Å²) in [5.41, 5.74) is 0.328. The van der Waals surface area contributed by atoms with Gasteiger partial charge >= 0.3 is 0 Å². The molecular formula is C27H30ClN3O3. The molecule has 6 nitrogen and oxygen atoms in total. The minimum Gasteiger partial charge on any atom is -0.336 e. The van der Waals surface area contributed by atoms with Crippen LogP contribution in [0.5, 0.6) is 0 Å². The molecule has 2 saturated heterocycles. The van der Waals surface area contributed by atoms with E-state index >= 15 is 0 Å². The molecular weight excluding hydrogens is 450 g/mol. The molecule has 0 unspecified atom stereocenters. The number of hydrogen-bond donors (Lipinski definition) is 0. The number of benzene rings is 1. The van der Waals surface area contributed by atoms with Crippen LogP contribution in [0.3, 0.4) is 0 Å². The molecule has 0 spiro atoms. The minimum atomic E-state index is -1.26. The maximum absolute atomic E-state index is 14.0. The second kappa shape index (κ2) is 9.49. The largest absolute Gasteiger partial charge is 0.336 e. The summed E-state index contributed by atoms with van der Waals surface area (Å²) < 4.78 is 0. The lowest BCUT2D eigenvalue weighted by Crippen LogP contribution is -2.47. The highest BCUT2D eigenvalue weighted by atomic mass is 35.5. The minimum absolute atomic E-state index is 0.0107. The van der Waals surface area contributed by atoms with E-state index in [0.29, 0.717) is 17.1 Å². The highest BCUT2D eigenvalue weighted by molar-refractivity contribution is 6.32. The Balaban J connectivity index is 1.50. The molecule has 2 atom stereocenters. The van der Waals surface area contributed by atoms with E-state index in [9.17, 15) is 14.4 Å². The van der Waals surface area contributed by atoms with E-state index in [1.807, 2.05) is 29.3 Å². The highest BCUT2D eigenvalue weighted by Crippen LogP contribution is 2.46. The first-order chi connectivity index (χ1) is 16.5. The van der Waals surface area contributed by atoms with Gasteiger partial charge in [0, 0.05) is 42.8 Å². The van der Waals surface area contributed by atoms with Crippen LogP contribution in [0.15, 0.2) is 48.8 Å². The Labute approximate surface area is 205 Å². The molecule has 3 amide bonds. The molecule has 1 aromatic heterocycles. The van der Waals surface area contributed by atoms with Crippen LogP contribution in [0.4, 0.5) is 0 Å². The molecule has 3 aliphatic rings. The first-order valence-electron chi connectivity index (χ1n) is 12.3. The van der Waals surface area contributed by atoms with Crippen LogP contribution in [0, 0.1) is 0 Å². The lowest BCUT2D eigenvalue weighted by molar-refractivity contribution is -0.145. The van der Waals surface area contributed by atoms with Crippen LogP contribution in [-0.4, -0.2) is 45.1 Å². The van der Waals surface area contributed by atoms with Crippen molar-refractivity contribution in [2.45, 2.75) is 75.3 Å². The van der Waals surface area contributed by atoms with Crippen molar-refractivity contribution in [3.8, 4) is 0 Å². The van der Waals surface area contributed by atoms with Gasteiger partial charge in [0.05, 0.1) is 11.5 Å². The van der Waals surface area contributed by atoms with Gasteiger partial charge in [0.15, 0.2) is 0 Å². The number of rotatable bonds is 5. The van der Waals surface area contributed by atoms with Gasteiger partial charge < -0.3 is 4.90 Å². The first-order valence-corrected chi connectivity index (χ1v) is 12.7. The van der Waals surface area contributed by atoms with Gasteiger partial charge in [0.2, 0.25) is 17.7 Å². The number of hydrogen-bond acceptors (Lipinski definition) is 4. The number of halogens is 1. The molecule has 1 aromatic carbocycles. The Morgan fingerprint density at radius 3 is 2.53 bits per heavy atom. The van der Waals surface area contributed by atoms with Gasteiger partial charge in [-0.2, -0.15) is 0 Å². The average Bonchev–Trinajstić information content (AvgIpc) is 3.46. The number of nitrogens with zero attached hydrogens (tertiary/aromatic N) is 3. The summed E-state index contributed by atoms with van der Waals surface area (Å²) in [6.07, 6.45) is 9.98. The lowest BCUT2D eigenvalue weighted by atomic mass is 9.75. The van der Waals surface area contributed by atoms with E-state index in [-0.39, 0.29) is 42.6 Å². The van der Waals surface area contributed by atoms with Crippen LogP contribution in [-0.2, 0) is 19.8 Å². The smallest absolute Gasteiger partial charge is 0.241 e. The maximum atomic E-state index is 14.0. The zero-order valence-electron chi connectivity index (χ0n) is 19.3. The van der Waals surface area contributed by atoms with Crippen LogP contribution in [0.25, 0.3) is 0 Å². The quantitative estimate of drug-likeness (QED) is 0.576. The average molecular weight is 480 g/mol. The summed E-state index contributed by atoms with van der Waals surface area (Å²) in [6.45, 7) is 0.630. The van der Waals surface area contributed by atoms with Gasteiger partial charge in [-0.25, -0.2) is 0 Å². The van der Waals surface area contributed by atoms with E-state index in [4.69, 9.17) is 11.6 Å². The van der Waals surface area contributed by atoms with Gasteiger partial charge in [0.1, 0.15) is 0 Å². The Hall–Kier alpha value is -2.73. The monoisotopic (exact) mass is 479 g/mol. The molecule has 7 heteroatoms. The fraction of sp³-hybridized carbons (Fsp3) is 0.481. The fourth-order valence-electron chi connectivity index (χ4n) is 6.10.